The maximum atomic E-state index is 13.2. The molecular formula is C24H21N3O3S. The fraction of sp³-hybridized carbons (Fsp3) is 0.0833. The van der Waals surface area contributed by atoms with Crippen LogP contribution in [0, 0.1) is 6.92 Å². The molecule has 1 heterocycles. The second kappa shape index (κ2) is 8.20. The Kier molecular flexibility index (Phi) is 5.44. The highest BCUT2D eigenvalue weighted by atomic mass is 32.2. The van der Waals surface area contributed by atoms with Gasteiger partial charge in [-0.25, -0.2) is 13.1 Å². The van der Waals surface area contributed by atoms with E-state index in [4.69, 9.17) is 5.10 Å². The summed E-state index contributed by atoms with van der Waals surface area (Å²) in [6, 6.07) is 23.5. The van der Waals surface area contributed by atoms with E-state index in [1.807, 2.05) is 61.5 Å². The summed E-state index contributed by atoms with van der Waals surface area (Å²) < 4.78 is 25.4. The van der Waals surface area contributed by atoms with E-state index in [1.54, 1.807) is 23.0 Å². The molecule has 1 N–H and O–H groups in total. The Balaban J connectivity index is 1.77. The highest BCUT2D eigenvalue weighted by Crippen LogP contribution is 2.27. The molecule has 4 aromatic rings. The van der Waals surface area contributed by atoms with E-state index >= 15 is 0 Å². The van der Waals surface area contributed by atoms with Crippen LogP contribution in [0.4, 0.5) is 5.69 Å². The Morgan fingerprint density at radius 3 is 2.35 bits per heavy atom. The molecule has 4 rings (SSSR count). The molecule has 156 valence electrons. The molecule has 0 aliphatic carbocycles. The lowest BCUT2D eigenvalue weighted by molar-refractivity contribution is 0.102. The molecule has 0 fully saturated rings. The van der Waals surface area contributed by atoms with Gasteiger partial charge < -0.3 is 5.32 Å². The Hall–Kier alpha value is -3.71. The number of hydrogen-bond acceptors (Lipinski definition) is 4. The second-order valence-corrected chi connectivity index (χ2v) is 9.26. The van der Waals surface area contributed by atoms with Crippen molar-refractivity contribution in [1.82, 2.24) is 9.78 Å². The first kappa shape index (κ1) is 20.6. The van der Waals surface area contributed by atoms with Gasteiger partial charge in [-0.1, -0.05) is 48.5 Å². The van der Waals surface area contributed by atoms with Gasteiger partial charge in [0.2, 0.25) is 0 Å². The lowest BCUT2D eigenvalue weighted by Crippen LogP contribution is -2.13. The standard InChI is InChI=1S/C24H21N3O3S/c1-17-9-6-7-14-21(17)23-22(16-27(26-23)19-11-4-3-5-12-19)24(28)25-18-10-8-13-20(15-18)31(2,29)30/h3-16H,1-2H3,(H,25,28). The molecule has 7 heteroatoms. The van der Waals surface area contributed by atoms with Crippen LogP contribution in [0.1, 0.15) is 15.9 Å². The number of carbonyl (C=O) groups excluding carboxylic acids is 1. The largest absolute Gasteiger partial charge is 0.322 e. The summed E-state index contributed by atoms with van der Waals surface area (Å²) in [4.78, 5) is 13.4. The lowest BCUT2D eigenvalue weighted by atomic mass is 10.0. The first-order valence-corrected chi connectivity index (χ1v) is 11.5. The summed E-state index contributed by atoms with van der Waals surface area (Å²) >= 11 is 0. The van der Waals surface area contributed by atoms with Gasteiger partial charge in [0.05, 0.1) is 16.1 Å². The number of aryl methyl sites for hydroxylation is 1. The molecule has 0 spiro atoms. The summed E-state index contributed by atoms with van der Waals surface area (Å²) in [6.07, 6.45) is 2.82. The lowest BCUT2D eigenvalue weighted by Gasteiger charge is -2.08. The van der Waals surface area contributed by atoms with Crippen LogP contribution >= 0.6 is 0 Å². The van der Waals surface area contributed by atoms with Gasteiger partial charge in [-0.2, -0.15) is 5.10 Å². The van der Waals surface area contributed by atoms with Gasteiger partial charge in [-0.05, 0) is 42.8 Å². The van der Waals surface area contributed by atoms with Gasteiger partial charge in [0, 0.05) is 23.7 Å². The van der Waals surface area contributed by atoms with Crippen molar-refractivity contribution in [2.45, 2.75) is 11.8 Å². The Morgan fingerprint density at radius 2 is 1.65 bits per heavy atom. The summed E-state index contributed by atoms with van der Waals surface area (Å²) in [5.74, 6) is -0.369. The van der Waals surface area contributed by atoms with E-state index in [0.717, 1.165) is 23.1 Å². The molecule has 1 amide bonds. The first-order chi connectivity index (χ1) is 14.8. The number of benzene rings is 3. The zero-order valence-electron chi connectivity index (χ0n) is 17.1. The van der Waals surface area contributed by atoms with Gasteiger partial charge >= 0.3 is 0 Å². The van der Waals surface area contributed by atoms with Crippen molar-refractivity contribution in [3.8, 4) is 16.9 Å². The first-order valence-electron chi connectivity index (χ1n) is 9.65. The minimum absolute atomic E-state index is 0.143. The number of aromatic nitrogens is 2. The average molecular weight is 432 g/mol. The monoisotopic (exact) mass is 431 g/mol. The molecule has 1 aromatic heterocycles. The summed E-state index contributed by atoms with van der Waals surface area (Å²) in [5.41, 5.74) is 4.02. The molecule has 3 aromatic carbocycles. The molecule has 0 aliphatic heterocycles. The number of para-hydroxylation sites is 1. The maximum absolute atomic E-state index is 13.2. The van der Waals surface area contributed by atoms with Crippen molar-refractivity contribution in [3.63, 3.8) is 0 Å². The highest BCUT2D eigenvalue weighted by molar-refractivity contribution is 7.90. The smallest absolute Gasteiger partial charge is 0.259 e. The van der Waals surface area contributed by atoms with Crippen LogP contribution in [0.25, 0.3) is 16.9 Å². The van der Waals surface area contributed by atoms with Crippen molar-refractivity contribution >= 4 is 21.4 Å². The molecular weight excluding hydrogens is 410 g/mol. The quantitative estimate of drug-likeness (QED) is 0.504. The van der Waals surface area contributed by atoms with Crippen LogP contribution in [-0.4, -0.2) is 30.4 Å². The normalized spacial score (nSPS) is 11.3. The number of rotatable bonds is 5. The molecule has 0 bridgehead atoms. The van der Waals surface area contributed by atoms with Gasteiger partial charge in [0.25, 0.3) is 5.91 Å². The van der Waals surface area contributed by atoms with Crippen LogP contribution < -0.4 is 5.32 Å². The van der Waals surface area contributed by atoms with E-state index < -0.39 is 9.84 Å². The fourth-order valence-electron chi connectivity index (χ4n) is 3.29. The van der Waals surface area contributed by atoms with Crippen molar-refractivity contribution < 1.29 is 13.2 Å². The van der Waals surface area contributed by atoms with E-state index in [0.29, 0.717) is 16.9 Å². The van der Waals surface area contributed by atoms with Crippen molar-refractivity contribution in [3.05, 3.63) is 96.2 Å². The molecule has 0 unspecified atom stereocenters. The second-order valence-electron chi connectivity index (χ2n) is 7.24. The van der Waals surface area contributed by atoms with E-state index in [9.17, 15) is 13.2 Å². The van der Waals surface area contributed by atoms with Crippen LogP contribution in [-0.2, 0) is 9.84 Å². The molecule has 0 saturated carbocycles. The maximum Gasteiger partial charge on any atom is 0.259 e. The summed E-state index contributed by atoms with van der Waals surface area (Å²) in [5, 5.41) is 7.50. The average Bonchev–Trinajstić information content (AvgIpc) is 3.20. The highest BCUT2D eigenvalue weighted by Gasteiger charge is 2.20. The van der Waals surface area contributed by atoms with E-state index in [1.165, 1.54) is 12.1 Å². The molecule has 0 aliphatic rings. The molecule has 0 atom stereocenters. The number of carbonyl (C=O) groups is 1. The predicted octanol–water partition coefficient (Wildman–Crippen LogP) is 4.50. The van der Waals surface area contributed by atoms with Crippen LogP contribution in [0.5, 0.6) is 0 Å². The predicted molar refractivity (Wildman–Crippen MR) is 121 cm³/mol. The Morgan fingerprint density at radius 1 is 0.935 bits per heavy atom. The van der Waals surface area contributed by atoms with Gasteiger partial charge in [-0.3, -0.25) is 4.79 Å². The van der Waals surface area contributed by atoms with Crippen LogP contribution in [0.15, 0.2) is 90.0 Å². The Bertz CT molecular complexity index is 1360. The van der Waals surface area contributed by atoms with Crippen LogP contribution in [0.3, 0.4) is 0 Å². The summed E-state index contributed by atoms with van der Waals surface area (Å²) in [7, 11) is -3.38. The fourth-order valence-corrected chi connectivity index (χ4v) is 3.96. The molecule has 0 radical (unpaired) electrons. The number of amides is 1. The van der Waals surface area contributed by atoms with Gasteiger partial charge in [-0.15, -0.1) is 0 Å². The number of nitrogens with zero attached hydrogens (tertiary/aromatic N) is 2. The number of nitrogens with one attached hydrogen (secondary N) is 1. The minimum Gasteiger partial charge on any atom is -0.322 e. The number of anilines is 1. The Labute approximate surface area is 181 Å². The zero-order chi connectivity index (χ0) is 22.0. The topological polar surface area (TPSA) is 81.1 Å². The molecule has 0 saturated heterocycles. The zero-order valence-corrected chi connectivity index (χ0v) is 17.9. The SMILES string of the molecule is Cc1ccccc1-c1nn(-c2ccccc2)cc1C(=O)Nc1cccc(S(C)(=O)=O)c1. The third-order valence-electron chi connectivity index (χ3n) is 4.90. The third-order valence-corrected chi connectivity index (χ3v) is 6.01. The molecule has 31 heavy (non-hydrogen) atoms. The minimum atomic E-state index is -3.38. The molecule has 6 nitrogen and oxygen atoms in total. The van der Waals surface area contributed by atoms with Gasteiger partial charge in [0.15, 0.2) is 9.84 Å². The van der Waals surface area contributed by atoms with E-state index in [2.05, 4.69) is 5.32 Å². The third kappa shape index (κ3) is 4.41. The van der Waals surface area contributed by atoms with Crippen LogP contribution in [0.2, 0.25) is 0 Å². The van der Waals surface area contributed by atoms with Crippen molar-refractivity contribution in [1.29, 1.82) is 0 Å². The number of hydrogen-bond donors (Lipinski definition) is 1. The van der Waals surface area contributed by atoms with Crippen molar-refractivity contribution in [2.24, 2.45) is 0 Å². The van der Waals surface area contributed by atoms with E-state index in [-0.39, 0.29) is 10.8 Å². The summed E-state index contributed by atoms with van der Waals surface area (Å²) in [6.45, 7) is 1.97. The van der Waals surface area contributed by atoms with Gasteiger partial charge in [0.1, 0.15) is 5.69 Å². The number of sulfone groups is 1. The van der Waals surface area contributed by atoms with Crippen molar-refractivity contribution in [2.75, 3.05) is 11.6 Å².